The van der Waals surface area contributed by atoms with Gasteiger partial charge in [0.2, 0.25) is 0 Å². The molecule has 0 aromatic rings. The number of alkyl halides is 1. The normalized spacial score (nSPS) is 14.3. The number of unbranched alkanes of at least 4 members (excludes halogenated alkanes) is 1. The van der Waals surface area contributed by atoms with Gasteiger partial charge in [0, 0.05) is 4.83 Å². The van der Waals surface area contributed by atoms with Crippen LogP contribution >= 0.6 is 15.9 Å². The summed E-state index contributed by atoms with van der Waals surface area (Å²) in [6.45, 7) is 8.31. The molecule has 0 rings (SSSR count). The van der Waals surface area contributed by atoms with Gasteiger partial charge in [0.25, 0.3) is 0 Å². The Bertz CT molecular complexity index is 59.6. The maximum absolute atomic E-state index is 3.94. The van der Waals surface area contributed by atoms with Crippen molar-refractivity contribution in [1.29, 1.82) is 0 Å². The van der Waals surface area contributed by atoms with E-state index in [1.54, 1.807) is 0 Å². The van der Waals surface area contributed by atoms with Crippen LogP contribution in [0.2, 0.25) is 0 Å². The Balaban J connectivity index is 3.16. The predicted molar refractivity (Wildman–Crippen MR) is 46.8 cm³/mol. The third kappa shape index (κ3) is 4.95. The van der Waals surface area contributed by atoms with Crippen LogP contribution in [0, 0.1) is 12.8 Å². The van der Waals surface area contributed by atoms with E-state index in [1.807, 2.05) is 0 Å². The molecule has 0 aliphatic heterocycles. The van der Waals surface area contributed by atoms with Crippen LogP contribution in [0.15, 0.2) is 0 Å². The van der Waals surface area contributed by atoms with Gasteiger partial charge in [-0.2, -0.15) is 0 Å². The first-order valence-electron chi connectivity index (χ1n) is 3.65. The Morgan fingerprint density at radius 1 is 1.56 bits per heavy atom. The van der Waals surface area contributed by atoms with E-state index in [2.05, 4.69) is 36.7 Å². The SMILES string of the molecule is [CH2]C(C)C(Br)CCCC. The van der Waals surface area contributed by atoms with E-state index >= 15 is 0 Å². The minimum absolute atomic E-state index is 0.538. The summed E-state index contributed by atoms with van der Waals surface area (Å²) in [5.41, 5.74) is 0. The van der Waals surface area contributed by atoms with Crippen molar-refractivity contribution in [2.75, 3.05) is 0 Å². The maximum Gasteiger partial charge on any atom is 0.0171 e. The van der Waals surface area contributed by atoms with Crippen molar-refractivity contribution in [3.05, 3.63) is 6.92 Å². The molecule has 0 spiro atoms. The second-order valence-corrected chi connectivity index (χ2v) is 3.81. The van der Waals surface area contributed by atoms with Crippen LogP contribution in [-0.4, -0.2) is 4.83 Å². The van der Waals surface area contributed by atoms with Crippen molar-refractivity contribution in [3.8, 4) is 0 Å². The zero-order chi connectivity index (χ0) is 7.28. The number of halogens is 1. The molecule has 0 bridgehead atoms. The van der Waals surface area contributed by atoms with Gasteiger partial charge in [-0.15, -0.1) is 0 Å². The van der Waals surface area contributed by atoms with Gasteiger partial charge in [-0.25, -0.2) is 0 Å². The van der Waals surface area contributed by atoms with Crippen molar-refractivity contribution in [2.45, 2.75) is 37.9 Å². The largest absolute Gasteiger partial charge is 0.0888 e. The van der Waals surface area contributed by atoms with Crippen molar-refractivity contribution in [2.24, 2.45) is 5.92 Å². The van der Waals surface area contributed by atoms with E-state index in [0.717, 1.165) is 0 Å². The van der Waals surface area contributed by atoms with Gasteiger partial charge in [-0.3, -0.25) is 0 Å². The van der Waals surface area contributed by atoms with Crippen molar-refractivity contribution >= 4 is 15.9 Å². The molecule has 2 atom stereocenters. The molecule has 0 aliphatic rings. The highest BCUT2D eigenvalue weighted by atomic mass is 79.9. The fourth-order valence-corrected chi connectivity index (χ4v) is 1.01. The molecule has 9 heavy (non-hydrogen) atoms. The van der Waals surface area contributed by atoms with E-state index in [-0.39, 0.29) is 0 Å². The fraction of sp³-hybridized carbons (Fsp3) is 0.875. The highest BCUT2D eigenvalue weighted by molar-refractivity contribution is 9.09. The minimum Gasteiger partial charge on any atom is -0.0888 e. The highest BCUT2D eigenvalue weighted by Gasteiger charge is 2.06. The Hall–Kier alpha value is 0.480. The Labute approximate surface area is 67.2 Å². The fourth-order valence-electron chi connectivity index (χ4n) is 0.684. The smallest absolute Gasteiger partial charge is 0.0171 e. The molecule has 0 N–H and O–H groups in total. The van der Waals surface area contributed by atoms with Gasteiger partial charge in [-0.1, -0.05) is 42.6 Å². The van der Waals surface area contributed by atoms with Crippen molar-refractivity contribution < 1.29 is 0 Å². The summed E-state index contributed by atoms with van der Waals surface area (Å²) >= 11 is 3.58. The average molecular weight is 192 g/mol. The van der Waals surface area contributed by atoms with Crippen LogP contribution < -0.4 is 0 Å². The maximum atomic E-state index is 3.94. The lowest BCUT2D eigenvalue weighted by Crippen LogP contribution is -2.06. The number of hydrogen-bond acceptors (Lipinski definition) is 0. The first-order chi connectivity index (χ1) is 4.18. The molecular formula is C8H16Br. The third-order valence-electron chi connectivity index (χ3n) is 1.45. The first kappa shape index (κ1) is 9.48. The summed E-state index contributed by atoms with van der Waals surface area (Å²) in [5.74, 6) is 0.538. The van der Waals surface area contributed by atoms with Crippen LogP contribution in [0.4, 0.5) is 0 Å². The number of rotatable bonds is 4. The van der Waals surface area contributed by atoms with E-state index in [4.69, 9.17) is 0 Å². The van der Waals surface area contributed by atoms with Gasteiger partial charge in [0.1, 0.15) is 0 Å². The molecule has 0 amide bonds. The third-order valence-corrected chi connectivity index (χ3v) is 2.81. The molecule has 0 aliphatic carbocycles. The molecule has 1 heteroatoms. The molecule has 0 aromatic carbocycles. The summed E-state index contributed by atoms with van der Waals surface area (Å²) in [5, 5.41) is 0. The van der Waals surface area contributed by atoms with Crippen LogP contribution in [0.5, 0.6) is 0 Å². The predicted octanol–water partition coefficient (Wildman–Crippen LogP) is 3.41. The van der Waals surface area contributed by atoms with Gasteiger partial charge < -0.3 is 0 Å². The summed E-state index contributed by atoms with van der Waals surface area (Å²) in [7, 11) is 0. The lowest BCUT2D eigenvalue weighted by molar-refractivity contribution is 0.598. The summed E-state index contributed by atoms with van der Waals surface area (Å²) in [6, 6.07) is 0. The van der Waals surface area contributed by atoms with E-state index in [0.29, 0.717) is 10.7 Å². The Morgan fingerprint density at radius 2 is 2.11 bits per heavy atom. The molecule has 0 heterocycles. The topological polar surface area (TPSA) is 0 Å². The van der Waals surface area contributed by atoms with E-state index in [1.165, 1.54) is 19.3 Å². The molecular weight excluding hydrogens is 176 g/mol. The second kappa shape index (κ2) is 5.28. The molecule has 0 fully saturated rings. The quantitative estimate of drug-likeness (QED) is 0.598. The number of hydrogen-bond donors (Lipinski definition) is 0. The van der Waals surface area contributed by atoms with Crippen molar-refractivity contribution in [3.63, 3.8) is 0 Å². The molecule has 0 aromatic heterocycles. The van der Waals surface area contributed by atoms with E-state index in [9.17, 15) is 0 Å². The second-order valence-electron chi connectivity index (χ2n) is 2.64. The first-order valence-corrected chi connectivity index (χ1v) is 4.57. The zero-order valence-corrected chi connectivity index (χ0v) is 7.95. The lowest BCUT2D eigenvalue weighted by atomic mass is 10.1. The van der Waals surface area contributed by atoms with Crippen LogP contribution in [0.1, 0.15) is 33.1 Å². The van der Waals surface area contributed by atoms with Crippen molar-refractivity contribution in [1.82, 2.24) is 0 Å². The monoisotopic (exact) mass is 191 g/mol. The van der Waals surface area contributed by atoms with Gasteiger partial charge in [0.05, 0.1) is 0 Å². The van der Waals surface area contributed by atoms with Crippen LogP contribution in [0.3, 0.4) is 0 Å². The zero-order valence-electron chi connectivity index (χ0n) is 6.36. The summed E-state index contributed by atoms with van der Waals surface area (Å²) in [4.78, 5) is 0.623. The summed E-state index contributed by atoms with van der Waals surface area (Å²) in [6.07, 6.45) is 3.87. The molecule has 0 saturated carbocycles. The standard InChI is InChI=1S/C8H16Br/c1-4-5-6-8(9)7(2)3/h7-8H,2,4-6H2,1,3H3. The minimum atomic E-state index is 0.538. The van der Waals surface area contributed by atoms with Crippen LogP contribution in [-0.2, 0) is 0 Å². The van der Waals surface area contributed by atoms with Gasteiger partial charge >= 0.3 is 0 Å². The average Bonchev–Trinajstić information content (AvgIpc) is 1.82. The molecule has 2 unspecified atom stereocenters. The Kier molecular flexibility index (Phi) is 5.56. The molecule has 55 valence electrons. The highest BCUT2D eigenvalue weighted by Crippen LogP contribution is 2.17. The summed E-state index contributed by atoms with van der Waals surface area (Å²) < 4.78 is 0. The molecule has 0 nitrogen and oxygen atoms in total. The lowest BCUT2D eigenvalue weighted by Gasteiger charge is -2.11. The van der Waals surface area contributed by atoms with Gasteiger partial charge in [0.15, 0.2) is 0 Å². The van der Waals surface area contributed by atoms with E-state index < -0.39 is 0 Å². The molecule has 0 saturated heterocycles. The Morgan fingerprint density at radius 3 is 2.44 bits per heavy atom. The van der Waals surface area contributed by atoms with Crippen LogP contribution in [0.25, 0.3) is 0 Å². The van der Waals surface area contributed by atoms with Gasteiger partial charge in [-0.05, 0) is 19.3 Å². The molecule has 1 radical (unpaired) electrons.